The Morgan fingerprint density at radius 1 is 1.56 bits per heavy atom. The van der Waals surface area contributed by atoms with Crippen molar-refractivity contribution in [2.75, 3.05) is 26.7 Å². The van der Waals surface area contributed by atoms with E-state index in [1.807, 2.05) is 14.0 Å². The summed E-state index contributed by atoms with van der Waals surface area (Å²) in [7, 11) is 2.02. The first-order valence-corrected chi connectivity index (χ1v) is 6.29. The maximum Gasteiger partial charge on any atom is 0.123 e. The lowest BCUT2D eigenvalue weighted by atomic mass is 9.99. The fraction of sp³-hybridized carbons (Fsp3) is 0.571. The molecule has 0 saturated carbocycles. The maximum absolute atomic E-state index is 13.0. The lowest BCUT2D eigenvalue weighted by Crippen LogP contribution is -2.46. The highest BCUT2D eigenvalue weighted by Gasteiger charge is 2.25. The third-order valence-corrected chi connectivity index (χ3v) is 3.46. The number of aryl methyl sites for hydroxylation is 1. The molecule has 1 aliphatic heterocycles. The molecule has 0 aromatic heterocycles. The van der Waals surface area contributed by atoms with Gasteiger partial charge in [0.15, 0.2) is 0 Å². The van der Waals surface area contributed by atoms with Crippen molar-refractivity contribution in [1.82, 2.24) is 4.90 Å². The van der Waals surface area contributed by atoms with E-state index in [-0.39, 0.29) is 11.9 Å². The molecule has 1 aromatic carbocycles. The molecule has 1 fully saturated rings. The maximum atomic E-state index is 13.0. The van der Waals surface area contributed by atoms with E-state index in [0.717, 1.165) is 24.2 Å². The van der Waals surface area contributed by atoms with Crippen LogP contribution in [0.4, 0.5) is 4.39 Å². The van der Waals surface area contributed by atoms with Gasteiger partial charge in [-0.1, -0.05) is 6.07 Å². The molecular formula is C14H20FNO2. The van der Waals surface area contributed by atoms with Crippen molar-refractivity contribution in [3.63, 3.8) is 0 Å². The molecule has 3 nitrogen and oxygen atoms in total. The van der Waals surface area contributed by atoms with Crippen LogP contribution in [0.25, 0.3) is 0 Å². The number of rotatable bonds is 3. The third-order valence-electron chi connectivity index (χ3n) is 3.46. The number of benzene rings is 1. The Morgan fingerprint density at radius 3 is 3.00 bits per heavy atom. The van der Waals surface area contributed by atoms with Gasteiger partial charge in [0.2, 0.25) is 0 Å². The van der Waals surface area contributed by atoms with E-state index in [1.54, 1.807) is 6.07 Å². The number of morpholine rings is 1. The second-order valence-corrected chi connectivity index (χ2v) is 5.01. The van der Waals surface area contributed by atoms with E-state index in [2.05, 4.69) is 4.90 Å². The van der Waals surface area contributed by atoms with Crippen molar-refractivity contribution in [3.8, 4) is 0 Å². The summed E-state index contributed by atoms with van der Waals surface area (Å²) in [4.78, 5) is 2.15. The molecule has 1 aromatic rings. The van der Waals surface area contributed by atoms with Gasteiger partial charge in [0.25, 0.3) is 0 Å². The topological polar surface area (TPSA) is 32.7 Å². The predicted octanol–water partition coefficient (Wildman–Crippen LogP) is 1.37. The molecule has 1 heterocycles. The van der Waals surface area contributed by atoms with Crippen molar-refractivity contribution < 1.29 is 14.2 Å². The highest BCUT2D eigenvalue weighted by Crippen LogP contribution is 2.16. The molecule has 2 atom stereocenters. The monoisotopic (exact) mass is 253 g/mol. The first-order chi connectivity index (χ1) is 8.56. The summed E-state index contributed by atoms with van der Waals surface area (Å²) in [6.45, 7) is 4.15. The molecule has 0 aliphatic carbocycles. The number of aliphatic hydroxyl groups is 1. The number of hydrogen-bond acceptors (Lipinski definition) is 3. The van der Waals surface area contributed by atoms with Crippen molar-refractivity contribution in [1.29, 1.82) is 0 Å². The van der Waals surface area contributed by atoms with Crippen LogP contribution >= 0.6 is 0 Å². The van der Waals surface area contributed by atoms with Crippen molar-refractivity contribution >= 4 is 0 Å². The summed E-state index contributed by atoms with van der Waals surface area (Å²) in [5, 5.41) is 10.2. The fourth-order valence-corrected chi connectivity index (χ4v) is 2.29. The molecule has 0 spiro atoms. The lowest BCUT2D eigenvalue weighted by Gasteiger charge is -2.33. The minimum Gasteiger partial charge on any atom is -0.390 e. The van der Waals surface area contributed by atoms with Crippen LogP contribution in [-0.2, 0) is 11.2 Å². The molecule has 0 amide bonds. The normalized spacial score (nSPS) is 23.0. The number of ether oxygens (including phenoxy) is 1. The van der Waals surface area contributed by atoms with Gasteiger partial charge in [-0.15, -0.1) is 0 Å². The largest absolute Gasteiger partial charge is 0.390 e. The average Bonchev–Trinajstić information content (AvgIpc) is 2.32. The zero-order valence-electron chi connectivity index (χ0n) is 10.9. The molecule has 1 aliphatic rings. The summed E-state index contributed by atoms with van der Waals surface area (Å²) >= 11 is 0. The van der Waals surface area contributed by atoms with E-state index in [9.17, 15) is 9.50 Å². The number of aliphatic hydroxyl groups excluding tert-OH is 1. The highest BCUT2D eigenvalue weighted by molar-refractivity contribution is 5.27. The molecule has 0 radical (unpaired) electrons. The number of nitrogens with zero attached hydrogens (tertiary/aromatic N) is 1. The van der Waals surface area contributed by atoms with Gasteiger partial charge in [0, 0.05) is 19.5 Å². The Labute approximate surface area is 107 Å². The van der Waals surface area contributed by atoms with Crippen LogP contribution < -0.4 is 0 Å². The van der Waals surface area contributed by atoms with Gasteiger partial charge in [-0.05, 0) is 37.2 Å². The summed E-state index contributed by atoms with van der Waals surface area (Å²) in [6.07, 6.45) is -0.199. The van der Waals surface area contributed by atoms with Crippen LogP contribution in [0.5, 0.6) is 0 Å². The van der Waals surface area contributed by atoms with E-state index in [4.69, 9.17) is 4.74 Å². The van der Waals surface area contributed by atoms with Crippen LogP contribution in [0.2, 0.25) is 0 Å². The predicted molar refractivity (Wildman–Crippen MR) is 68.1 cm³/mol. The van der Waals surface area contributed by atoms with Crippen LogP contribution in [-0.4, -0.2) is 49.0 Å². The Morgan fingerprint density at radius 2 is 2.33 bits per heavy atom. The smallest absolute Gasteiger partial charge is 0.123 e. The summed E-state index contributed by atoms with van der Waals surface area (Å²) in [5.41, 5.74) is 1.85. The molecule has 18 heavy (non-hydrogen) atoms. The number of hydrogen-bond donors (Lipinski definition) is 1. The quantitative estimate of drug-likeness (QED) is 0.883. The first-order valence-electron chi connectivity index (χ1n) is 6.29. The van der Waals surface area contributed by atoms with E-state index < -0.39 is 6.10 Å². The van der Waals surface area contributed by atoms with Gasteiger partial charge in [0.05, 0.1) is 18.8 Å². The average molecular weight is 253 g/mol. The molecule has 1 saturated heterocycles. The second kappa shape index (κ2) is 5.78. The van der Waals surface area contributed by atoms with Crippen LogP contribution in [0.3, 0.4) is 0 Å². The molecule has 1 N–H and O–H groups in total. The highest BCUT2D eigenvalue weighted by atomic mass is 19.1. The minimum absolute atomic E-state index is 0.159. The van der Waals surface area contributed by atoms with Crippen LogP contribution in [0.1, 0.15) is 11.1 Å². The van der Waals surface area contributed by atoms with Gasteiger partial charge in [-0.3, -0.25) is 0 Å². The molecular weight excluding hydrogens is 233 g/mol. The molecule has 0 bridgehead atoms. The SMILES string of the molecule is Cc1cc(F)ccc1CC(O)C1CN(C)CCO1. The van der Waals surface area contributed by atoms with Crippen molar-refractivity contribution in [3.05, 3.63) is 35.1 Å². The van der Waals surface area contributed by atoms with Gasteiger partial charge in [0.1, 0.15) is 5.82 Å². The van der Waals surface area contributed by atoms with E-state index >= 15 is 0 Å². The zero-order valence-corrected chi connectivity index (χ0v) is 10.9. The van der Waals surface area contributed by atoms with Crippen molar-refractivity contribution in [2.24, 2.45) is 0 Å². The van der Waals surface area contributed by atoms with Crippen LogP contribution in [0.15, 0.2) is 18.2 Å². The Kier molecular flexibility index (Phi) is 4.32. The van der Waals surface area contributed by atoms with Gasteiger partial charge >= 0.3 is 0 Å². The fourth-order valence-electron chi connectivity index (χ4n) is 2.29. The first kappa shape index (κ1) is 13.5. The second-order valence-electron chi connectivity index (χ2n) is 5.01. The Hall–Kier alpha value is -0.970. The number of likely N-dealkylation sites (N-methyl/N-ethyl adjacent to an activating group) is 1. The molecule has 2 rings (SSSR count). The third kappa shape index (κ3) is 3.28. The van der Waals surface area contributed by atoms with Gasteiger partial charge in [-0.2, -0.15) is 0 Å². The minimum atomic E-state index is -0.545. The Bertz CT molecular complexity index is 411. The standard InChI is InChI=1S/C14H20FNO2/c1-10-7-12(15)4-3-11(10)8-13(17)14-9-16(2)5-6-18-14/h3-4,7,13-14,17H,5-6,8-9H2,1-2H3. The summed E-state index contributed by atoms with van der Waals surface area (Å²) in [5.74, 6) is -0.237. The van der Waals surface area contributed by atoms with Crippen molar-refractivity contribution in [2.45, 2.75) is 25.6 Å². The van der Waals surface area contributed by atoms with E-state index in [0.29, 0.717) is 13.0 Å². The number of halogens is 1. The lowest BCUT2D eigenvalue weighted by molar-refractivity contribution is -0.0823. The zero-order chi connectivity index (χ0) is 13.1. The molecule has 2 unspecified atom stereocenters. The van der Waals surface area contributed by atoms with Gasteiger partial charge < -0.3 is 14.7 Å². The Balaban J connectivity index is 1.99. The van der Waals surface area contributed by atoms with Gasteiger partial charge in [-0.25, -0.2) is 4.39 Å². The summed E-state index contributed by atoms with van der Waals surface area (Å²) in [6, 6.07) is 4.67. The van der Waals surface area contributed by atoms with E-state index in [1.165, 1.54) is 12.1 Å². The molecule has 4 heteroatoms. The van der Waals surface area contributed by atoms with Crippen LogP contribution in [0, 0.1) is 12.7 Å². The summed E-state index contributed by atoms with van der Waals surface area (Å²) < 4.78 is 18.6. The molecule has 100 valence electrons.